The minimum Gasteiger partial charge on any atom is -0.0701 e. The summed E-state index contributed by atoms with van der Waals surface area (Å²) in [7, 11) is 0. The fourth-order valence-electron chi connectivity index (χ4n) is 7.57. The minimum atomic E-state index is 0.375. The summed E-state index contributed by atoms with van der Waals surface area (Å²) in [6.45, 7) is 9.42. The van der Waals surface area contributed by atoms with Gasteiger partial charge in [-0.25, -0.2) is 0 Å². The average molecular weight is 505 g/mol. The molecule has 0 spiro atoms. The second kappa shape index (κ2) is 16.0. The van der Waals surface area contributed by atoms with Crippen LogP contribution in [-0.4, -0.2) is 0 Å². The largest absolute Gasteiger partial charge is 0.0701 e. The van der Waals surface area contributed by atoms with E-state index in [1.807, 2.05) is 0 Å². The lowest BCUT2D eigenvalue weighted by Crippen LogP contribution is -2.37. The van der Waals surface area contributed by atoms with Crippen LogP contribution in [0.1, 0.15) is 174 Å². The maximum atomic E-state index is 2.85. The molecule has 1 aromatic carbocycles. The standard InChI is InChI=1S/C37H60/c1-5-9-13-19-25-36(26-20-14-10-6-2)30-34-33-24-18-17-23-32(33)29-35(34)37(31-36,27-21-15-11-7-3)28-22-16-12-8-4/h17-18,23-24,29-30H,5-16,19-22,25-28,31H2,1-4H3. The van der Waals surface area contributed by atoms with E-state index in [1.54, 1.807) is 11.1 Å². The van der Waals surface area contributed by atoms with Crippen LogP contribution in [0.2, 0.25) is 0 Å². The summed E-state index contributed by atoms with van der Waals surface area (Å²) in [6, 6.07) is 9.33. The molecule has 0 atom stereocenters. The Morgan fingerprint density at radius 2 is 1.05 bits per heavy atom. The molecule has 0 aromatic heterocycles. The molecular formula is C37H60. The third kappa shape index (κ3) is 8.34. The summed E-state index contributed by atoms with van der Waals surface area (Å²) in [5.74, 6) is 0. The first-order valence-electron chi connectivity index (χ1n) is 16.7. The number of hydrogen-bond acceptors (Lipinski definition) is 0. The van der Waals surface area contributed by atoms with E-state index in [-0.39, 0.29) is 0 Å². The van der Waals surface area contributed by atoms with Gasteiger partial charge in [0.15, 0.2) is 0 Å². The van der Waals surface area contributed by atoms with Gasteiger partial charge in [0, 0.05) is 0 Å². The van der Waals surface area contributed by atoms with E-state index in [0.717, 1.165) is 0 Å². The van der Waals surface area contributed by atoms with Gasteiger partial charge >= 0.3 is 0 Å². The molecule has 0 fully saturated rings. The van der Waals surface area contributed by atoms with Gasteiger partial charge in [-0.1, -0.05) is 161 Å². The first kappa shape index (κ1) is 30.2. The van der Waals surface area contributed by atoms with Gasteiger partial charge in [0.1, 0.15) is 0 Å². The molecule has 0 aliphatic heterocycles. The highest BCUT2D eigenvalue weighted by Gasteiger charge is 2.47. The Labute approximate surface area is 231 Å². The molecule has 0 nitrogen and oxygen atoms in total. The Morgan fingerprint density at radius 3 is 1.57 bits per heavy atom. The van der Waals surface area contributed by atoms with Crippen LogP contribution < -0.4 is 0 Å². The zero-order chi connectivity index (χ0) is 26.4. The maximum Gasteiger partial charge on any atom is -0.00325 e. The van der Waals surface area contributed by atoms with E-state index < -0.39 is 0 Å². The normalized spacial score (nSPS) is 17.3. The molecule has 0 N–H and O–H groups in total. The predicted octanol–water partition coefficient (Wildman–Crippen LogP) is 12.7. The quantitative estimate of drug-likeness (QED) is 0.155. The van der Waals surface area contributed by atoms with E-state index in [9.17, 15) is 0 Å². The van der Waals surface area contributed by atoms with Crippen LogP contribution in [0, 0.1) is 10.8 Å². The van der Waals surface area contributed by atoms with E-state index >= 15 is 0 Å². The molecule has 0 heteroatoms. The van der Waals surface area contributed by atoms with Crippen LogP contribution in [0.4, 0.5) is 0 Å². The van der Waals surface area contributed by atoms with Gasteiger partial charge in [0.25, 0.3) is 0 Å². The number of benzene rings is 1. The Kier molecular flexibility index (Phi) is 13.0. The first-order chi connectivity index (χ1) is 18.1. The van der Waals surface area contributed by atoms with Gasteiger partial charge in [0.05, 0.1) is 0 Å². The lowest BCUT2D eigenvalue weighted by Gasteiger charge is -2.49. The van der Waals surface area contributed by atoms with Crippen molar-refractivity contribution < 1.29 is 0 Å². The Morgan fingerprint density at radius 1 is 0.568 bits per heavy atom. The zero-order valence-electron chi connectivity index (χ0n) is 25.3. The molecule has 37 heavy (non-hydrogen) atoms. The molecule has 0 saturated heterocycles. The predicted molar refractivity (Wildman–Crippen MR) is 167 cm³/mol. The SMILES string of the molecule is CCCCCCC1(CCCCCC)C=C2C(=Cc3ccccc32)C(CCCCCC)(CCCCCC)C1. The number of unbranched alkanes of at least 4 members (excludes halogenated alkanes) is 12. The molecular weight excluding hydrogens is 444 g/mol. The molecule has 1 aromatic rings. The lowest BCUT2D eigenvalue weighted by atomic mass is 9.55. The third-order valence-corrected chi connectivity index (χ3v) is 9.63. The van der Waals surface area contributed by atoms with Gasteiger partial charge < -0.3 is 0 Å². The van der Waals surface area contributed by atoms with Gasteiger partial charge in [-0.2, -0.15) is 0 Å². The maximum absolute atomic E-state index is 2.85. The summed E-state index contributed by atoms with van der Waals surface area (Å²) in [6.07, 6.45) is 34.7. The Balaban J connectivity index is 2.00. The van der Waals surface area contributed by atoms with E-state index in [4.69, 9.17) is 0 Å². The van der Waals surface area contributed by atoms with Crippen LogP contribution in [0.25, 0.3) is 11.6 Å². The zero-order valence-corrected chi connectivity index (χ0v) is 25.3. The van der Waals surface area contributed by atoms with E-state index in [1.165, 1.54) is 146 Å². The molecule has 208 valence electrons. The molecule has 0 bridgehead atoms. The highest BCUT2D eigenvalue weighted by atomic mass is 14.5. The summed E-state index contributed by atoms with van der Waals surface area (Å²) in [5, 5.41) is 0. The van der Waals surface area contributed by atoms with Crippen LogP contribution >= 0.6 is 0 Å². The number of hydrogen-bond donors (Lipinski definition) is 0. The summed E-state index contributed by atoms with van der Waals surface area (Å²) in [4.78, 5) is 0. The molecule has 3 rings (SSSR count). The summed E-state index contributed by atoms with van der Waals surface area (Å²) >= 11 is 0. The highest BCUT2D eigenvalue weighted by Crippen LogP contribution is 2.61. The molecule has 2 aliphatic rings. The average Bonchev–Trinajstić information content (AvgIpc) is 3.29. The highest BCUT2D eigenvalue weighted by molar-refractivity contribution is 5.96. The smallest absolute Gasteiger partial charge is 0.00325 e. The van der Waals surface area contributed by atoms with Crippen molar-refractivity contribution >= 4 is 11.6 Å². The Bertz CT molecular complexity index is 813. The van der Waals surface area contributed by atoms with Crippen molar-refractivity contribution in [2.45, 2.75) is 163 Å². The van der Waals surface area contributed by atoms with Gasteiger partial charge in [-0.3, -0.25) is 0 Å². The van der Waals surface area contributed by atoms with Crippen LogP contribution in [0.5, 0.6) is 0 Å². The van der Waals surface area contributed by atoms with Gasteiger partial charge in [0.2, 0.25) is 0 Å². The molecule has 0 amide bonds. The number of rotatable bonds is 20. The van der Waals surface area contributed by atoms with E-state index in [2.05, 4.69) is 64.1 Å². The molecule has 0 heterocycles. The molecule has 0 saturated carbocycles. The minimum absolute atomic E-state index is 0.375. The van der Waals surface area contributed by atoms with Crippen molar-refractivity contribution in [3.8, 4) is 0 Å². The third-order valence-electron chi connectivity index (χ3n) is 9.63. The van der Waals surface area contributed by atoms with Crippen molar-refractivity contribution in [1.29, 1.82) is 0 Å². The number of allylic oxidation sites excluding steroid dienone is 3. The van der Waals surface area contributed by atoms with Crippen molar-refractivity contribution in [3.05, 3.63) is 47.0 Å². The van der Waals surface area contributed by atoms with Crippen LogP contribution in [0.3, 0.4) is 0 Å². The van der Waals surface area contributed by atoms with Gasteiger partial charge in [-0.15, -0.1) is 0 Å². The lowest BCUT2D eigenvalue weighted by molar-refractivity contribution is 0.142. The molecule has 2 aliphatic carbocycles. The first-order valence-corrected chi connectivity index (χ1v) is 16.7. The Hall–Kier alpha value is -1.30. The van der Waals surface area contributed by atoms with Gasteiger partial charge in [-0.05, 0) is 71.3 Å². The molecule has 0 radical (unpaired) electrons. The second-order valence-corrected chi connectivity index (χ2v) is 12.8. The fraction of sp³-hybridized carbons (Fsp3) is 0.730. The van der Waals surface area contributed by atoms with Crippen molar-refractivity contribution in [1.82, 2.24) is 0 Å². The second-order valence-electron chi connectivity index (χ2n) is 12.8. The van der Waals surface area contributed by atoms with Crippen molar-refractivity contribution in [3.63, 3.8) is 0 Å². The topological polar surface area (TPSA) is 0 Å². The summed E-state index contributed by atoms with van der Waals surface area (Å²) < 4.78 is 0. The van der Waals surface area contributed by atoms with Crippen LogP contribution in [-0.2, 0) is 0 Å². The number of fused-ring (bicyclic) bond motifs is 3. The van der Waals surface area contributed by atoms with E-state index in [0.29, 0.717) is 10.8 Å². The van der Waals surface area contributed by atoms with Crippen molar-refractivity contribution in [2.24, 2.45) is 10.8 Å². The van der Waals surface area contributed by atoms with Crippen molar-refractivity contribution in [2.75, 3.05) is 0 Å². The monoisotopic (exact) mass is 504 g/mol. The summed E-state index contributed by atoms with van der Waals surface area (Å²) in [5.41, 5.74) is 7.18. The fourth-order valence-corrected chi connectivity index (χ4v) is 7.57. The molecule has 0 unspecified atom stereocenters. The van der Waals surface area contributed by atoms with Crippen LogP contribution in [0.15, 0.2) is 35.9 Å².